The van der Waals surface area contributed by atoms with Crippen molar-refractivity contribution in [3.05, 3.63) is 0 Å². The molecule has 0 heterocycles. The molecule has 0 aromatic carbocycles. The van der Waals surface area contributed by atoms with Crippen molar-refractivity contribution in [2.75, 3.05) is 13.2 Å². The van der Waals surface area contributed by atoms with Crippen LogP contribution in [0, 0.1) is 0 Å². The first-order valence-corrected chi connectivity index (χ1v) is 3.73. The maximum atomic E-state index is 10.8. The molecule has 0 amide bonds. The van der Waals surface area contributed by atoms with Crippen LogP contribution in [-0.2, 0) is 4.79 Å². The van der Waals surface area contributed by atoms with Gasteiger partial charge in [-0.15, -0.1) is 11.6 Å². The van der Waals surface area contributed by atoms with Gasteiger partial charge in [0.25, 0.3) is 0 Å². The Kier molecular flexibility index (Phi) is 5.36. The van der Waals surface area contributed by atoms with Gasteiger partial charge >= 0.3 is 0 Å². The fourth-order valence-electron chi connectivity index (χ4n) is 0.565. The van der Waals surface area contributed by atoms with Gasteiger partial charge in [0.2, 0.25) is 0 Å². The van der Waals surface area contributed by atoms with Crippen LogP contribution >= 0.6 is 11.6 Å². The van der Waals surface area contributed by atoms with E-state index in [0.717, 1.165) is 0 Å². The molecule has 0 bridgehead atoms. The van der Waals surface area contributed by atoms with Gasteiger partial charge in [-0.25, -0.2) is 0 Å². The van der Waals surface area contributed by atoms with Crippen LogP contribution in [0.3, 0.4) is 0 Å². The molecule has 72 valence electrons. The van der Waals surface area contributed by atoms with Gasteiger partial charge in [0.05, 0.1) is 18.6 Å². The normalized spacial score (nSPS) is 18.4. The number of carbonyl (C=O) groups is 1. The Morgan fingerprint density at radius 3 is 2.08 bits per heavy atom. The smallest absolute Gasteiger partial charge is 0.193 e. The maximum Gasteiger partial charge on any atom is 0.193 e. The van der Waals surface area contributed by atoms with Gasteiger partial charge in [-0.05, 0) is 0 Å². The lowest BCUT2D eigenvalue weighted by molar-refractivity contribution is -0.137. The molecule has 0 aliphatic heterocycles. The van der Waals surface area contributed by atoms with E-state index in [2.05, 4.69) is 0 Å². The zero-order chi connectivity index (χ0) is 9.72. The summed E-state index contributed by atoms with van der Waals surface area (Å²) in [6.07, 6.45) is -3.30. The minimum absolute atomic E-state index is 0.577. The van der Waals surface area contributed by atoms with Crippen LogP contribution in [0.4, 0.5) is 0 Å². The van der Waals surface area contributed by atoms with Crippen molar-refractivity contribution in [3.63, 3.8) is 0 Å². The van der Waals surface area contributed by atoms with Gasteiger partial charge < -0.3 is 20.4 Å². The number of halogens is 1. The lowest BCUT2D eigenvalue weighted by Gasteiger charge is -2.15. The summed E-state index contributed by atoms with van der Waals surface area (Å²) in [5.41, 5.74) is 0. The van der Waals surface area contributed by atoms with Gasteiger partial charge in [0, 0.05) is 0 Å². The van der Waals surface area contributed by atoms with Crippen LogP contribution in [0.15, 0.2) is 0 Å². The molecule has 0 aliphatic rings. The molecule has 0 radical (unpaired) electrons. The third-order valence-corrected chi connectivity index (χ3v) is 1.69. The van der Waals surface area contributed by atoms with Crippen molar-refractivity contribution in [2.24, 2.45) is 0 Å². The van der Waals surface area contributed by atoms with E-state index >= 15 is 0 Å². The molecular formula is C6H11ClO5. The molecule has 0 spiro atoms. The third kappa shape index (κ3) is 3.04. The molecule has 0 aromatic heterocycles. The lowest BCUT2D eigenvalue weighted by atomic mass is 10.1. The predicted octanol–water partition coefficient (Wildman–Crippen LogP) is -2.13. The highest BCUT2D eigenvalue weighted by Crippen LogP contribution is 2.05. The third-order valence-electron chi connectivity index (χ3n) is 1.31. The van der Waals surface area contributed by atoms with E-state index < -0.39 is 36.6 Å². The molecular weight excluding hydrogens is 188 g/mol. The summed E-state index contributed by atoms with van der Waals surface area (Å²) in [6, 6.07) is 0. The number of Topliss-reactive ketones (excluding diaryl/α,β-unsaturated/α-hetero) is 1. The van der Waals surface area contributed by atoms with E-state index in [9.17, 15) is 4.79 Å². The molecule has 3 atom stereocenters. The first-order valence-electron chi connectivity index (χ1n) is 3.30. The van der Waals surface area contributed by atoms with Crippen molar-refractivity contribution in [2.45, 2.75) is 17.6 Å². The van der Waals surface area contributed by atoms with Gasteiger partial charge in [-0.2, -0.15) is 0 Å². The Labute approximate surface area is 74.2 Å². The second kappa shape index (κ2) is 5.45. The molecule has 0 aromatic rings. The summed E-state index contributed by atoms with van der Waals surface area (Å²) in [5.74, 6) is -0.994. The minimum Gasteiger partial charge on any atom is -0.395 e. The Balaban J connectivity index is 4.09. The summed E-state index contributed by atoms with van der Waals surface area (Å²) in [5, 5.41) is 33.3. The molecule has 6 heteroatoms. The number of aliphatic hydroxyl groups is 4. The number of hydrogen-bond donors (Lipinski definition) is 4. The number of carbonyl (C=O) groups excluding carboxylic acids is 1. The topological polar surface area (TPSA) is 98.0 Å². The van der Waals surface area contributed by atoms with Crippen LogP contribution < -0.4 is 0 Å². The average molecular weight is 199 g/mol. The molecule has 12 heavy (non-hydrogen) atoms. The van der Waals surface area contributed by atoms with Crippen LogP contribution in [-0.4, -0.2) is 57.0 Å². The number of alkyl halides is 1. The monoisotopic (exact) mass is 198 g/mol. The van der Waals surface area contributed by atoms with Crippen LogP contribution in [0.25, 0.3) is 0 Å². The van der Waals surface area contributed by atoms with Crippen LogP contribution in [0.2, 0.25) is 0 Å². The van der Waals surface area contributed by atoms with Gasteiger partial charge in [0.1, 0.15) is 12.2 Å². The summed E-state index contributed by atoms with van der Waals surface area (Å²) >= 11 is 5.30. The molecule has 0 fully saturated rings. The Bertz CT molecular complexity index is 151. The van der Waals surface area contributed by atoms with Gasteiger partial charge in [-0.3, -0.25) is 4.79 Å². The van der Waals surface area contributed by atoms with Crippen molar-refractivity contribution in [3.8, 4) is 0 Å². The van der Waals surface area contributed by atoms with Crippen molar-refractivity contribution in [1.82, 2.24) is 0 Å². The first kappa shape index (κ1) is 11.8. The number of hydrogen-bond acceptors (Lipinski definition) is 5. The minimum atomic E-state index is -1.65. The molecule has 0 rings (SSSR count). The zero-order valence-corrected chi connectivity index (χ0v) is 6.98. The lowest BCUT2D eigenvalue weighted by Crippen LogP contribution is -2.41. The summed E-state index contributed by atoms with van der Waals surface area (Å²) in [4.78, 5) is 10.8. The van der Waals surface area contributed by atoms with Crippen molar-refractivity contribution in [1.29, 1.82) is 0 Å². The largest absolute Gasteiger partial charge is 0.395 e. The number of ketones is 1. The molecule has 0 aliphatic carbocycles. The highest BCUT2D eigenvalue weighted by Gasteiger charge is 2.28. The average Bonchev–Trinajstić information content (AvgIpc) is 2.12. The Morgan fingerprint density at radius 2 is 1.75 bits per heavy atom. The Hall–Kier alpha value is -0.200. The van der Waals surface area contributed by atoms with Gasteiger partial charge in [0.15, 0.2) is 5.78 Å². The van der Waals surface area contributed by atoms with E-state index in [1.54, 1.807) is 0 Å². The summed E-state index contributed by atoms with van der Waals surface area (Å²) in [7, 11) is 0. The SMILES string of the molecule is O=C([C@H](O)CO)[C@@H](O)[C@H](Cl)CO. The van der Waals surface area contributed by atoms with Crippen LogP contribution in [0.1, 0.15) is 0 Å². The first-order chi connectivity index (χ1) is 5.54. The van der Waals surface area contributed by atoms with E-state index in [1.807, 2.05) is 0 Å². The fraction of sp³-hybridized carbons (Fsp3) is 0.833. The Morgan fingerprint density at radius 1 is 1.25 bits per heavy atom. The zero-order valence-electron chi connectivity index (χ0n) is 6.22. The summed E-state index contributed by atoms with van der Waals surface area (Å²) < 4.78 is 0. The van der Waals surface area contributed by atoms with E-state index in [0.29, 0.717) is 0 Å². The van der Waals surface area contributed by atoms with Crippen LogP contribution in [0.5, 0.6) is 0 Å². The summed E-state index contributed by atoms with van der Waals surface area (Å²) in [6.45, 7) is -1.35. The number of rotatable bonds is 5. The van der Waals surface area contributed by atoms with E-state index in [1.165, 1.54) is 0 Å². The van der Waals surface area contributed by atoms with Crippen molar-refractivity contribution < 1.29 is 25.2 Å². The second-order valence-corrected chi connectivity index (χ2v) is 2.80. The molecule has 0 saturated carbocycles. The predicted molar refractivity (Wildman–Crippen MR) is 40.8 cm³/mol. The van der Waals surface area contributed by atoms with Gasteiger partial charge in [-0.1, -0.05) is 0 Å². The quantitative estimate of drug-likeness (QED) is 0.379. The van der Waals surface area contributed by atoms with Crippen molar-refractivity contribution >= 4 is 17.4 Å². The highest BCUT2D eigenvalue weighted by molar-refractivity contribution is 6.22. The second-order valence-electron chi connectivity index (χ2n) is 2.24. The molecule has 5 nitrogen and oxygen atoms in total. The molecule has 0 unspecified atom stereocenters. The standard InChI is InChI=1S/C6H11ClO5/c7-3(1-8)5(11)6(12)4(10)2-9/h3-5,8-11H,1-2H2/t3-,4-,5+/m1/s1. The fourth-order valence-corrected chi connectivity index (χ4v) is 0.689. The number of aliphatic hydroxyl groups excluding tert-OH is 4. The highest BCUT2D eigenvalue weighted by atomic mass is 35.5. The van der Waals surface area contributed by atoms with E-state index in [4.69, 9.17) is 32.0 Å². The maximum absolute atomic E-state index is 10.8. The molecule has 0 saturated heterocycles. The molecule has 4 N–H and O–H groups in total. The van der Waals surface area contributed by atoms with E-state index in [-0.39, 0.29) is 0 Å².